The third kappa shape index (κ3) is 4.39. The topological polar surface area (TPSA) is 44.8 Å². The second kappa shape index (κ2) is 5.78. The van der Waals surface area contributed by atoms with Crippen LogP contribution in [0.25, 0.3) is 0 Å². The number of cyclic esters (lactones) is 1. The highest BCUT2D eigenvalue weighted by Crippen LogP contribution is 2.33. The van der Waals surface area contributed by atoms with Crippen molar-refractivity contribution >= 4 is 5.97 Å². The number of carbonyl (C=O) groups excluding carboxylic acids is 1. The van der Waals surface area contributed by atoms with Gasteiger partial charge in [0, 0.05) is 26.9 Å². The summed E-state index contributed by atoms with van der Waals surface area (Å²) in [4.78, 5) is 11.5. The molecule has 0 bridgehead atoms. The zero-order chi connectivity index (χ0) is 14.7. The minimum absolute atomic E-state index is 0.0667. The normalized spacial score (nSPS) is 22.6. The van der Waals surface area contributed by atoms with Crippen LogP contribution in [0.1, 0.15) is 40.5 Å². The largest absolute Gasteiger partial charge is 0.457 e. The molecule has 1 rings (SSSR count). The fourth-order valence-corrected chi connectivity index (χ4v) is 2.27. The van der Waals surface area contributed by atoms with Crippen molar-refractivity contribution in [3.05, 3.63) is 24.5 Å². The third-order valence-electron chi connectivity index (χ3n) is 3.26. The molecular weight excluding hydrogens is 244 g/mol. The molecule has 0 aromatic carbocycles. The minimum atomic E-state index is -0.905. The fourth-order valence-electron chi connectivity index (χ4n) is 2.27. The van der Waals surface area contributed by atoms with Crippen LogP contribution >= 0.6 is 0 Å². The summed E-state index contributed by atoms with van der Waals surface area (Å²) in [5.41, 5.74) is -0.309. The Morgan fingerprint density at radius 1 is 1.53 bits per heavy atom. The molecule has 0 saturated carbocycles. The minimum Gasteiger partial charge on any atom is -0.457 e. The smallest absolute Gasteiger partial charge is 0.337 e. The average molecular weight is 268 g/mol. The molecular formula is C15H24O4. The Morgan fingerprint density at radius 3 is 2.63 bits per heavy atom. The first-order chi connectivity index (χ1) is 8.71. The molecule has 0 spiro atoms. The van der Waals surface area contributed by atoms with Gasteiger partial charge in [-0.2, -0.15) is 0 Å². The molecule has 4 nitrogen and oxygen atoms in total. The second-order valence-electron chi connectivity index (χ2n) is 5.72. The van der Waals surface area contributed by atoms with Gasteiger partial charge in [-0.25, -0.2) is 4.79 Å². The van der Waals surface area contributed by atoms with Gasteiger partial charge in [0.15, 0.2) is 0 Å². The predicted octanol–water partition coefficient (Wildman–Crippen LogP) is 3.19. The van der Waals surface area contributed by atoms with Crippen LogP contribution in [-0.2, 0) is 19.0 Å². The molecule has 2 atom stereocenters. The lowest BCUT2D eigenvalue weighted by Crippen LogP contribution is -2.37. The van der Waals surface area contributed by atoms with Crippen molar-refractivity contribution < 1.29 is 19.0 Å². The van der Waals surface area contributed by atoms with E-state index in [4.69, 9.17) is 14.2 Å². The number of rotatable bonds is 6. The van der Waals surface area contributed by atoms with Crippen LogP contribution in [0.2, 0.25) is 0 Å². The van der Waals surface area contributed by atoms with E-state index in [1.165, 1.54) is 6.08 Å². The van der Waals surface area contributed by atoms with Gasteiger partial charge in [-0.05, 0) is 19.8 Å². The van der Waals surface area contributed by atoms with Crippen LogP contribution in [0.5, 0.6) is 0 Å². The molecule has 1 unspecified atom stereocenters. The fraction of sp³-hybridized carbons (Fsp3) is 0.667. The van der Waals surface area contributed by atoms with Gasteiger partial charge in [0.2, 0.25) is 5.79 Å². The molecule has 0 saturated heterocycles. The Kier molecular flexibility index (Phi) is 4.80. The maximum Gasteiger partial charge on any atom is 0.337 e. The van der Waals surface area contributed by atoms with Gasteiger partial charge in [-0.15, -0.1) is 6.58 Å². The SMILES string of the molecule is C=CC[C@](C)(CC(C)C1=CC(=O)OC(C)(C)O1)OC. The van der Waals surface area contributed by atoms with E-state index in [2.05, 4.69) is 6.58 Å². The van der Waals surface area contributed by atoms with Gasteiger partial charge in [-0.1, -0.05) is 13.0 Å². The molecule has 1 heterocycles. The number of esters is 1. The van der Waals surface area contributed by atoms with E-state index in [1.807, 2.05) is 19.9 Å². The monoisotopic (exact) mass is 268 g/mol. The molecule has 108 valence electrons. The van der Waals surface area contributed by atoms with E-state index in [-0.39, 0.29) is 17.5 Å². The average Bonchev–Trinajstić information content (AvgIpc) is 2.26. The Balaban J connectivity index is 2.80. The first-order valence-electron chi connectivity index (χ1n) is 6.51. The summed E-state index contributed by atoms with van der Waals surface area (Å²) in [6.45, 7) is 11.2. The predicted molar refractivity (Wildman–Crippen MR) is 73.3 cm³/mol. The van der Waals surface area contributed by atoms with E-state index in [0.717, 1.165) is 12.8 Å². The van der Waals surface area contributed by atoms with Gasteiger partial charge in [-0.3, -0.25) is 0 Å². The Morgan fingerprint density at radius 2 is 2.16 bits per heavy atom. The first-order valence-corrected chi connectivity index (χ1v) is 6.51. The number of allylic oxidation sites excluding steroid dienone is 1. The molecule has 1 aliphatic heterocycles. The summed E-state index contributed by atoms with van der Waals surface area (Å²) in [7, 11) is 1.69. The zero-order valence-corrected chi connectivity index (χ0v) is 12.5. The zero-order valence-electron chi connectivity index (χ0n) is 12.5. The maximum atomic E-state index is 11.5. The highest BCUT2D eigenvalue weighted by atomic mass is 16.7. The van der Waals surface area contributed by atoms with Crippen molar-refractivity contribution in [2.75, 3.05) is 7.11 Å². The summed E-state index contributed by atoms with van der Waals surface area (Å²) in [6, 6.07) is 0. The Labute approximate surface area is 115 Å². The van der Waals surface area contributed by atoms with Crippen LogP contribution in [0.15, 0.2) is 24.5 Å². The van der Waals surface area contributed by atoms with Crippen molar-refractivity contribution in [2.24, 2.45) is 5.92 Å². The van der Waals surface area contributed by atoms with Gasteiger partial charge < -0.3 is 14.2 Å². The molecule has 0 aromatic heterocycles. The molecule has 0 aromatic rings. The van der Waals surface area contributed by atoms with E-state index in [9.17, 15) is 4.79 Å². The van der Waals surface area contributed by atoms with Crippen LogP contribution in [0, 0.1) is 5.92 Å². The summed E-state index contributed by atoms with van der Waals surface area (Å²) in [5, 5.41) is 0. The van der Waals surface area contributed by atoms with Gasteiger partial charge in [0.1, 0.15) is 5.76 Å². The Hall–Kier alpha value is -1.29. The number of carbonyl (C=O) groups is 1. The molecule has 0 aliphatic carbocycles. The molecule has 19 heavy (non-hydrogen) atoms. The van der Waals surface area contributed by atoms with E-state index in [0.29, 0.717) is 5.76 Å². The third-order valence-corrected chi connectivity index (χ3v) is 3.26. The number of ether oxygens (including phenoxy) is 3. The van der Waals surface area contributed by atoms with Crippen LogP contribution in [-0.4, -0.2) is 24.5 Å². The second-order valence-corrected chi connectivity index (χ2v) is 5.72. The summed E-state index contributed by atoms with van der Waals surface area (Å²) < 4.78 is 16.3. The van der Waals surface area contributed by atoms with E-state index in [1.54, 1.807) is 21.0 Å². The lowest BCUT2D eigenvalue weighted by atomic mass is 9.88. The van der Waals surface area contributed by atoms with Crippen LogP contribution < -0.4 is 0 Å². The number of hydrogen-bond donors (Lipinski definition) is 0. The standard InChI is InChI=1S/C15H24O4/c1-7-8-15(5,17-6)10-11(2)12-9-13(16)19-14(3,4)18-12/h7,9,11H,1,8,10H2,2-6H3/t11?,15-/m1/s1. The molecule has 0 N–H and O–H groups in total. The van der Waals surface area contributed by atoms with Crippen molar-refractivity contribution in [2.45, 2.75) is 51.9 Å². The summed E-state index contributed by atoms with van der Waals surface area (Å²) >= 11 is 0. The number of hydrogen-bond acceptors (Lipinski definition) is 4. The van der Waals surface area contributed by atoms with Gasteiger partial charge >= 0.3 is 5.97 Å². The van der Waals surface area contributed by atoms with Crippen molar-refractivity contribution in [3.63, 3.8) is 0 Å². The maximum absolute atomic E-state index is 11.5. The summed E-state index contributed by atoms with van der Waals surface area (Å²) in [5.74, 6) is -0.552. The Bertz CT molecular complexity index is 384. The quantitative estimate of drug-likeness (QED) is 0.548. The van der Waals surface area contributed by atoms with Crippen molar-refractivity contribution in [1.29, 1.82) is 0 Å². The highest BCUT2D eigenvalue weighted by molar-refractivity contribution is 5.83. The van der Waals surface area contributed by atoms with Gasteiger partial charge in [0.25, 0.3) is 0 Å². The van der Waals surface area contributed by atoms with Crippen LogP contribution in [0.4, 0.5) is 0 Å². The van der Waals surface area contributed by atoms with E-state index >= 15 is 0 Å². The number of methoxy groups -OCH3 is 1. The highest BCUT2D eigenvalue weighted by Gasteiger charge is 2.34. The molecule has 0 fully saturated rings. The van der Waals surface area contributed by atoms with Crippen molar-refractivity contribution in [1.82, 2.24) is 0 Å². The van der Waals surface area contributed by atoms with Crippen LogP contribution in [0.3, 0.4) is 0 Å². The lowest BCUT2D eigenvalue weighted by molar-refractivity contribution is -0.209. The molecule has 4 heteroatoms. The molecule has 1 aliphatic rings. The van der Waals surface area contributed by atoms with Crippen molar-refractivity contribution in [3.8, 4) is 0 Å². The lowest BCUT2D eigenvalue weighted by Gasteiger charge is -2.35. The first kappa shape index (κ1) is 15.8. The molecule has 0 radical (unpaired) electrons. The summed E-state index contributed by atoms with van der Waals surface area (Å²) in [6.07, 6.45) is 4.74. The van der Waals surface area contributed by atoms with Gasteiger partial charge in [0.05, 0.1) is 11.7 Å². The molecule has 0 amide bonds. The van der Waals surface area contributed by atoms with E-state index < -0.39 is 5.79 Å².